The Kier molecular flexibility index (Phi) is 4.62. The third-order valence-corrected chi connectivity index (χ3v) is 4.02. The van der Waals surface area contributed by atoms with Crippen LogP contribution in [0.2, 0.25) is 0 Å². The molecule has 1 aliphatic heterocycles. The van der Waals surface area contributed by atoms with Crippen molar-refractivity contribution in [3.63, 3.8) is 0 Å². The summed E-state index contributed by atoms with van der Waals surface area (Å²) in [6.07, 6.45) is 3.71. The van der Waals surface area contributed by atoms with Crippen LogP contribution in [0.3, 0.4) is 0 Å². The van der Waals surface area contributed by atoms with Crippen LogP contribution in [0.4, 0.5) is 0 Å². The maximum Gasteiger partial charge on any atom is 0.244 e. The molecule has 0 aromatic heterocycles. The lowest BCUT2D eigenvalue weighted by Gasteiger charge is -2.42. The van der Waals surface area contributed by atoms with E-state index in [-0.39, 0.29) is 22.8 Å². The van der Waals surface area contributed by atoms with Gasteiger partial charge in [0.1, 0.15) is 5.41 Å². The Bertz CT molecular complexity index is 394. The Morgan fingerprint density at radius 1 is 1.56 bits per heavy atom. The van der Waals surface area contributed by atoms with Crippen molar-refractivity contribution >= 4 is 29.1 Å². The van der Waals surface area contributed by atoms with Crippen LogP contribution < -0.4 is 5.32 Å². The Morgan fingerprint density at radius 3 is 2.67 bits per heavy atom. The summed E-state index contributed by atoms with van der Waals surface area (Å²) in [4.78, 5) is 26.2. The molecule has 2 amide bonds. The molecule has 0 aromatic rings. The zero-order valence-corrected chi connectivity index (χ0v) is 12.0. The lowest BCUT2D eigenvalue weighted by Crippen LogP contribution is -2.64. The monoisotopic (exact) mass is 268 g/mol. The highest BCUT2D eigenvalue weighted by Gasteiger charge is 2.53. The molecule has 0 bridgehead atoms. The highest BCUT2D eigenvalue weighted by Crippen LogP contribution is 2.39. The van der Waals surface area contributed by atoms with Crippen LogP contribution in [0.5, 0.6) is 0 Å². The third-order valence-electron chi connectivity index (χ3n) is 3.65. The lowest BCUT2D eigenvalue weighted by molar-refractivity contribution is -0.153. The van der Waals surface area contributed by atoms with Crippen molar-refractivity contribution in [2.24, 2.45) is 11.3 Å². The molecule has 1 saturated heterocycles. The van der Waals surface area contributed by atoms with Gasteiger partial charge >= 0.3 is 0 Å². The Labute approximate surface area is 113 Å². The molecule has 1 aliphatic rings. The Hall–Kier alpha value is -1.23. The Morgan fingerprint density at radius 2 is 2.17 bits per heavy atom. The van der Waals surface area contributed by atoms with Crippen LogP contribution in [-0.2, 0) is 9.59 Å². The molecule has 0 aliphatic carbocycles. The number of nitrogens with one attached hydrogen (secondary N) is 1. The molecular formula is C13H20N2O2S. The third kappa shape index (κ3) is 2.19. The number of carbonyl (C=O) groups excluding carboxylic acids is 2. The van der Waals surface area contributed by atoms with Crippen molar-refractivity contribution < 1.29 is 9.59 Å². The molecule has 1 rings (SSSR count). The van der Waals surface area contributed by atoms with Gasteiger partial charge in [0.05, 0.1) is 0 Å². The number of carbonyl (C=O) groups is 2. The summed E-state index contributed by atoms with van der Waals surface area (Å²) in [5.41, 5.74) is -1.06. The molecule has 0 spiro atoms. The van der Waals surface area contributed by atoms with Gasteiger partial charge in [0.15, 0.2) is 5.11 Å². The summed E-state index contributed by atoms with van der Waals surface area (Å²) in [6.45, 7) is 7.65. The van der Waals surface area contributed by atoms with E-state index in [4.69, 9.17) is 12.2 Å². The van der Waals surface area contributed by atoms with Gasteiger partial charge in [-0.25, -0.2) is 0 Å². The van der Waals surface area contributed by atoms with Gasteiger partial charge in [-0.15, -0.1) is 6.58 Å². The summed E-state index contributed by atoms with van der Waals surface area (Å²) in [7, 11) is 1.60. The van der Waals surface area contributed by atoms with Gasteiger partial charge in [0.2, 0.25) is 11.8 Å². The topological polar surface area (TPSA) is 49.4 Å². The number of hydrogen-bond acceptors (Lipinski definition) is 3. The van der Waals surface area contributed by atoms with E-state index in [1.807, 2.05) is 13.8 Å². The van der Waals surface area contributed by atoms with E-state index in [0.717, 1.165) is 12.8 Å². The second kappa shape index (κ2) is 5.61. The van der Waals surface area contributed by atoms with E-state index in [1.165, 1.54) is 4.90 Å². The fourth-order valence-corrected chi connectivity index (χ4v) is 2.68. The first-order valence-electron chi connectivity index (χ1n) is 6.16. The lowest BCUT2D eigenvalue weighted by atomic mass is 9.69. The SMILES string of the molecule is C=CC[C@@]1([C@@H](C)CCC)C(=O)NC(=S)N(C)C1=O. The predicted molar refractivity (Wildman–Crippen MR) is 74.8 cm³/mol. The van der Waals surface area contributed by atoms with Gasteiger partial charge in [0, 0.05) is 7.05 Å². The van der Waals surface area contributed by atoms with Crippen molar-refractivity contribution in [2.75, 3.05) is 7.05 Å². The predicted octanol–water partition coefficient (Wildman–Crippen LogP) is 1.86. The van der Waals surface area contributed by atoms with Gasteiger partial charge in [-0.05, 0) is 31.0 Å². The van der Waals surface area contributed by atoms with Crippen LogP contribution in [0.25, 0.3) is 0 Å². The number of amides is 2. The molecule has 1 heterocycles. The molecule has 0 saturated carbocycles. The fraction of sp³-hybridized carbons (Fsp3) is 0.615. The van der Waals surface area contributed by atoms with Crippen molar-refractivity contribution in [2.45, 2.75) is 33.1 Å². The van der Waals surface area contributed by atoms with Crippen molar-refractivity contribution in [1.29, 1.82) is 0 Å². The summed E-state index contributed by atoms with van der Waals surface area (Å²) in [5, 5.41) is 2.80. The largest absolute Gasteiger partial charge is 0.302 e. The minimum absolute atomic E-state index is 0.0430. The number of allylic oxidation sites excluding steroid dienone is 1. The maximum absolute atomic E-state index is 12.5. The highest BCUT2D eigenvalue weighted by molar-refractivity contribution is 7.80. The molecule has 0 aromatic carbocycles. The first-order valence-corrected chi connectivity index (χ1v) is 6.57. The van der Waals surface area contributed by atoms with Crippen molar-refractivity contribution in [3.05, 3.63) is 12.7 Å². The minimum Gasteiger partial charge on any atom is -0.302 e. The van der Waals surface area contributed by atoms with Crippen LogP contribution in [0, 0.1) is 11.3 Å². The molecule has 5 heteroatoms. The smallest absolute Gasteiger partial charge is 0.244 e. The number of thiocarbonyl (C=S) groups is 1. The molecule has 0 radical (unpaired) electrons. The summed E-state index contributed by atoms with van der Waals surface area (Å²) >= 11 is 4.97. The standard InChI is InChI=1S/C13H20N2O2S/c1-5-7-9(3)13(8-6-2)10(16)14-12(18)15(4)11(13)17/h6,9H,2,5,7-8H2,1,3-4H3,(H,14,16,18)/t9-,13+/m0/s1. The Balaban J connectivity index is 3.22. The average molecular weight is 268 g/mol. The second-order valence-corrected chi connectivity index (χ2v) is 5.16. The van der Waals surface area contributed by atoms with Gasteiger partial charge in [-0.2, -0.15) is 0 Å². The number of nitrogens with zero attached hydrogens (tertiary/aromatic N) is 1. The summed E-state index contributed by atoms with van der Waals surface area (Å²) < 4.78 is 0. The molecule has 2 atom stereocenters. The normalized spacial score (nSPS) is 25.9. The van der Waals surface area contributed by atoms with E-state index in [2.05, 4.69) is 11.9 Å². The van der Waals surface area contributed by atoms with Gasteiger partial charge < -0.3 is 5.32 Å². The van der Waals surface area contributed by atoms with E-state index in [1.54, 1.807) is 13.1 Å². The highest BCUT2D eigenvalue weighted by atomic mass is 32.1. The van der Waals surface area contributed by atoms with Gasteiger partial charge in [-0.3, -0.25) is 14.5 Å². The first-order chi connectivity index (χ1) is 8.41. The number of rotatable bonds is 5. The molecular weight excluding hydrogens is 248 g/mol. The van der Waals surface area contributed by atoms with Gasteiger partial charge in [-0.1, -0.05) is 26.3 Å². The van der Waals surface area contributed by atoms with Crippen molar-refractivity contribution in [1.82, 2.24) is 10.2 Å². The van der Waals surface area contributed by atoms with Crippen molar-refractivity contribution in [3.8, 4) is 0 Å². The molecule has 18 heavy (non-hydrogen) atoms. The first kappa shape index (κ1) is 14.8. The van der Waals surface area contributed by atoms with Crippen LogP contribution >= 0.6 is 12.2 Å². The summed E-state index contributed by atoms with van der Waals surface area (Å²) in [6, 6.07) is 0. The second-order valence-electron chi connectivity index (χ2n) is 4.78. The van der Waals surface area contributed by atoms with Gasteiger partial charge in [0.25, 0.3) is 0 Å². The van der Waals surface area contributed by atoms with Crippen LogP contribution in [0.15, 0.2) is 12.7 Å². The zero-order chi connectivity index (χ0) is 13.9. The minimum atomic E-state index is -1.06. The van der Waals surface area contributed by atoms with Crippen LogP contribution in [0.1, 0.15) is 33.1 Å². The van der Waals surface area contributed by atoms with E-state index < -0.39 is 5.41 Å². The van der Waals surface area contributed by atoms with E-state index >= 15 is 0 Å². The number of hydrogen-bond donors (Lipinski definition) is 1. The van der Waals surface area contributed by atoms with E-state index in [9.17, 15) is 9.59 Å². The molecule has 4 nitrogen and oxygen atoms in total. The quantitative estimate of drug-likeness (QED) is 0.470. The maximum atomic E-state index is 12.5. The molecule has 1 fully saturated rings. The average Bonchev–Trinajstić information content (AvgIpc) is 2.32. The summed E-state index contributed by atoms with van der Waals surface area (Å²) in [5.74, 6) is -0.563. The zero-order valence-electron chi connectivity index (χ0n) is 11.2. The fourth-order valence-electron chi connectivity index (χ4n) is 2.50. The molecule has 0 unspecified atom stereocenters. The molecule has 1 N–H and O–H groups in total. The van der Waals surface area contributed by atoms with E-state index in [0.29, 0.717) is 6.42 Å². The van der Waals surface area contributed by atoms with Crippen LogP contribution in [-0.4, -0.2) is 28.9 Å². The molecule has 100 valence electrons.